The largest absolute Gasteiger partial charge is 0.409 e. The fourth-order valence-corrected chi connectivity index (χ4v) is 3.73. The molecule has 0 aliphatic carbocycles. The van der Waals surface area contributed by atoms with Gasteiger partial charge in [0.1, 0.15) is 12.2 Å². The molecule has 1 aliphatic rings. The van der Waals surface area contributed by atoms with E-state index in [0.717, 1.165) is 43.5 Å². The number of nitrogens with two attached hydrogens (primary N) is 1. The molecule has 9 heteroatoms. The van der Waals surface area contributed by atoms with E-state index in [1.165, 1.54) is 0 Å². The minimum atomic E-state index is -1.21. The number of unbranched alkanes of at least 4 members (excludes halogenated alkanes) is 3. The smallest absolute Gasteiger partial charge is 0.170 e. The van der Waals surface area contributed by atoms with Gasteiger partial charge in [0.15, 0.2) is 5.84 Å². The number of hydrogen-bond donors (Lipinski definition) is 7. The van der Waals surface area contributed by atoms with Crippen LogP contribution < -0.4 is 11.1 Å². The molecule has 9 nitrogen and oxygen atoms in total. The molecule has 164 valence electrons. The lowest BCUT2D eigenvalue weighted by Crippen LogP contribution is -2.62. The molecule has 0 saturated carbocycles. The van der Waals surface area contributed by atoms with Gasteiger partial charge in [-0.05, 0) is 50.1 Å². The van der Waals surface area contributed by atoms with Gasteiger partial charge in [-0.2, -0.15) is 0 Å². The number of hydrogen-bond acceptors (Lipinski definition) is 8. The molecule has 1 saturated heterocycles. The zero-order chi connectivity index (χ0) is 21.4. The molecule has 29 heavy (non-hydrogen) atoms. The molecule has 1 aromatic carbocycles. The molecule has 0 spiro atoms. The number of β-amino-alcohol motifs (C(OH)–C–C–N with tert-alkyl or cyclic N) is 1. The van der Waals surface area contributed by atoms with Crippen LogP contribution in [0.3, 0.4) is 0 Å². The Bertz CT molecular complexity index is 672. The summed E-state index contributed by atoms with van der Waals surface area (Å²) >= 11 is 0. The third kappa shape index (κ3) is 6.28. The summed E-state index contributed by atoms with van der Waals surface area (Å²) in [5.74, 6) is 0.0892. The number of aryl methyl sites for hydroxylation is 1. The van der Waals surface area contributed by atoms with Crippen LogP contribution in [-0.4, -0.2) is 87.0 Å². The van der Waals surface area contributed by atoms with Crippen molar-refractivity contribution in [3.8, 4) is 0 Å². The summed E-state index contributed by atoms with van der Waals surface area (Å²) in [7, 11) is 0. The summed E-state index contributed by atoms with van der Waals surface area (Å²) in [6.45, 7) is 3.46. The van der Waals surface area contributed by atoms with E-state index in [-0.39, 0.29) is 19.0 Å². The Balaban J connectivity index is 1.66. The minimum absolute atomic E-state index is 0.0892. The molecule has 0 aromatic heterocycles. The quantitative estimate of drug-likeness (QED) is 0.0921. The Morgan fingerprint density at radius 2 is 1.90 bits per heavy atom. The van der Waals surface area contributed by atoms with E-state index in [9.17, 15) is 20.4 Å². The maximum atomic E-state index is 10.00. The average molecular weight is 411 g/mol. The summed E-state index contributed by atoms with van der Waals surface area (Å²) in [5, 5.41) is 54.2. The lowest BCUT2D eigenvalue weighted by molar-refractivity contribution is -0.145. The van der Waals surface area contributed by atoms with Crippen molar-refractivity contribution in [2.24, 2.45) is 10.9 Å². The fraction of sp³-hybridized carbons (Fsp3) is 0.650. The van der Waals surface area contributed by atoms with Crippen molar-refractivity contribution in [2.45, 2.75) is 57.0 Å². The highest BCUT2D eigenvalue weighted by atomic mass is 16.4. The fourth-order valence-electron chi connectivity index (χ4n) is 3.73. The second kappa shape index (κ2) is 11.3. The van der Waals surface area contributed by atoms with Gasteiger partial charge < -0.3 is 36.7 Å². The van der Waals surface area contributed by atoms with Gasteiger partial charge in [0.05, 0.1) is 18.8 Å². The number of likely N-dealkylation sites (tertiary alicyclic amines) is 1. The number of anilines is 1. The Morgan fingerprint density at radius 1 is 1.17 bits per heavy atom. The van der Waals surface area contributed by atoms with Crippen LogP contribution in [0.2, 0.25) is 0 Å². The number of nitrogens with one attached hydrogen (secondary N) is 1. The molecule has 1 heterocycles. The first-order valence-electron chi connectivity index (χ1n) is 10.1. The summed E-state index contributed by atoms with van der Waals surface area (Å²) in [4.78, 5) is 1.85. The standard InChI is InChI=1S/C20H34N4O5/c1-13-10-14(20(21)23-29)6-7-15(13)22-8-4-2-3-5-9-24-11-17(26)19(28)18(27)16(24)12-25/h6-7,10,16-19,22,25-29H,2-5,8-9,11-12H2,1H3,(H2,21,23)/t16-,17+,18-,19-/m1/s1. The number of benzene rings is 1. The van der Waals surface area contributed by atoms with Crippen LogP contribution in [0.4, 0.5) is 5.69 Å². The van der Waals surface area contributed by atoms with Crippen molar-refractivity contribution in [3.05, 3.63) is 29.3 Å². The molecule has 2 rings (SSSR count). The third-order valence-electron chi connectivity index (χ3n) is 5.53. The van der Waals surface area contributed by atoms with Crippen LogP contribution in [0.15, 0.2) is 23.4 Å². The predicted molar refractivity (Wildman–Crippen MR) is 111 cm³/mol. The van der Waals surface area contributed by atoms with Crippen molar-refractivity contribution < 1.29 is 25.6 Å². The molecule has 8 N–H and O–H groups in total. The van der Waals surface area contributed by atoms with E-state index >= 15 is 0 Å². The van der Waals surface area contributed by atoms with E-state index in [4.69, 9.17) is 10.9 Å². The van der Waals surface area contributed by atoms with Crippen LogP contribution in [-0.2, 0) is 0 Å². The van der Waals surface area contributed by atoms with Crippen molar-refractivity contribution in [3.63, 3.8) is 0 Å². The van der Waals surface area contributed by atoms with Crippen LogP contribution in [0.5, 0.6) is 0 Å². The van der Waals surface area contributed by atoms with Crippen molar-refractivity contribution in [1.82, 2.24) is 4.90 Å². The molecule has 0 bridgehead atoms. The average Bonchev–Trinajstić information content (AvgIpc) is 2.71. The molecule has 4 atom stereocenters. The maximum Gasteiger partial charge on any atom is 0.170 e. The third-order valence-corrected chi connectivity index (χ3v) is 5.53. The van der Waals surface area contributed by atoms with E-state index in [1.807, 2.05) is 24.0 Å². The molecular weight excluding hydrogens is 376 g/mol. The van der Waals surface area contributed by atoms with Crippen LogP contribution in [0.1, 0.15) is 36.8 Å². The number of aliphatic hydroxyl groups excluding tert-OH is 4. The van der Waals surface area contributed by atoms with Crippen molar-refractivity contribution in [1.29, 1.82) is 0 Å². The first-order valence-corrected chi connectivity index (χ1v) is 10.1. The number of piperidine rings is 1. The lowest BCUT2D eigenvalue weighted by atomic mass is 9.94. The predicted octanol–water partition coefficient (Wildman–Crippen LogP) is -0.179. The molecule has 1 aliphatic heterocycles. The first-order chi connectivity index (χ1) is 13.9. The second-order valence-electron chi connectivity index (χ2n) is 7.65. The monoisotopic (exact) mass is 410 g/mol. The lowest BCUT2D eigenvalue weighted by Gasteiger charge is -2.43. The van der Waals surface area contributed by atoms with Crippen LogP contribution in [0, 0.1) is 6.92 Å². The highest BCUT2D eigenvalue weighted by Gasteiger charge is 2.40. The van der Waals surface area contributed by atoms with Gasteiger partial charge in [-0.3, -0.25) is 4.90 Å². The normalized spacial score (nSPS) is 25.9. The Morgan fingerprint density at radius 3 is 2.55 bits per heavy atom. The number of amidine groups is 1. The zero-order valence-electron chi connectivity index (χ0n) is 16.9. The zero-order valence-corrected chi connectivity index (χ0v) is 16.9. The number of oxime groups is 1. The Hall–Kier alpha value is -1.91. The van der Waals surface area contributed by atoms with Gasteiger partial charge in [0.25, 0.3) is 0 Å². The van der Waals surface area contributed by atoms with E-state index in [0.29, 0.717) is 12.1 Å². The van der Waals surface area contributed by atoms with Crippen molar-refractivity contribution in [2.75, 3.05) is 31.6 Å². The molecule has 0 unspecified atom stereocenters. The van der Waals surface area contributed by atoms with Crippen molar-refractivity contribution >= 4 is 11.5 Å². The van der Waals surface area contributed by atoms with Gasteiger partial charge in [-0.25, -0.2) is 0 Å². The topological polar surface area (TPSA) is 155 Å². The summed E-state index contributed by atoms with van der Waals surface area (Å²) in [6.07, 6.45) is 0.562. The van der Waals surface area contributed by atoms with Gasteiger partial charge in [-0.15, -0.1) is 0 Å². The number of nitrogens with zero attached hydrogens (tertiary/aromatic N) is 2. The second-order valence-corrected chi connectivity index (χ2v) is 7.65. The Kier molecular flexibility index (Phi) is 9.12. The van der Waals surface area contributed by atoms with E-state index < -0.39 is 24.4 Å². The summed E-state index contributed by atoms with van der Waals surface area (Å²) in [6, 6.07) is 5.05. The van der Waals surface area contributed by atoms with Gasteiger partial charge in [-0.1, -0.05) is 18.0 Å². The van der Waals surface area contributed by atoms with Crippen LogP contribution >= 0.6 is 0 Å². The SMILES string of the molecule is Cc1cc(/C(N)=N\O)ccc1NCCCCCCN1C[C@H](O)[C@@H](O)[C@H](O)[C@H]1CO. The Labute approximate surface area is 171 Å². The van der Waals surface area contributed by atoms with Gasteiger partial charge >= 0.3 is 0 Å². The van der Waals surface area contributed by atoms with E-state index in [2.05, 4.69) is 10.5 Å². The molecular formula is C20H34N4O5. The summed E-state index contributed by atoms with van der Waals surface area (Å²) in [5.41, 5.74) is 8.31. The van der Waals surface area contributed by atoms with Gasteiger partial charge in [0, 0.05) is 24.3 Å². The highest BCUT2D eigenvalue weighted by molar-refractivity contribution is 5.97. The molecule has 0 radical (unpaired) electrons. The molecule has 0 amide bonds. The molecule has 1 aromatic rings. The van der Waals surface area contributed by atoms with Crippen LogP contribution in [0.25, 0.3) is 0 Å². The minimum Gasteiger partial charge on any atom is -0.409 e. The summed E-state index contributed by atoms with van der Waals surface area (Å²) < 4.78 is 0. The highest BCUT2D eigenvalue weighted by Crippen LogP contribution is 2.20. The molecule has 1 fully saturated rings. The number of aliphatic hydroxyl groups is 4. The maximum absolute atomic E-state index is 10.00. The van der Waals surface area contributed by atoms with E-state index in [1.54, 1.807) is 6.07 Å². The van der Waals surface area contributed by atoms with Gasteiger partial charge in [0.2, 0.25) is 0 Å². The number of rotatable bonds is 10. The first kappa shape index (κ1) is 23.4.